The number of fused-ring (bicyclic) bond motifs is 1. The molecule has 102 valence electrons. The van der Waals surface area contributed by atoms with Crippen molar-refractivity contribution in [2.45, 2.75) is 0 Å². The second-order valence-electron chi connectivity index (χ2n) is 4.19. The zero-order chi connectivity index (χ0) is 13.8. The van der Waals surface area contributed by atoms with Crippen LogP contribution in [-0.4, -0.2) is 23.4 Å². The van der Waals surface area contributed by atoms with Crippen LogP contribution in [0.2, 0.25) is 0 Å². The molecule has 0 bridgehead atoms. The highest BCUT2D eigenvalue weighted by atomic mass is 32.1. The minimum Gasteiger partial charge on any atom is -0.367 e. The maximum Gasteiger partial charge on any atom is 0.261 e. The largest absolute Gasteiger partial charge is 0.367 e. The second kappa shape index (κ2) is 6.02. The van der Waals surface area contributed by atoms with Crippen LogP contribution >= 0.6 is 22.9 Å². The summed E-state index contributed by atoms with van der Waals surface area (Å²) in [4.78, 5) is 12.5. The lowest BCUT2D eigenvalue weighted by molar-refractivity contribution is 0.0959. The molecule has 0 atom stereocenters. The molecule has 0 saturated heterocycles. The lowest BCUT2D eigenvalue weighted by atomic mass is 10.2. The Morgan fingerprint density at radius 3 is 2.90 bits per heavy atom. The molecule has 0 unspecified atom stereocenters. The van der Waals surface area contributed by atoms with Crippen LogP contribution in [-0.2, 0) is 0 Å². The van der Waals surface area contributed by atoms with E-state index in [1.54, 1.807) is 0 Å². The number of nitrogens with one attached hydrogen (secondary N) is 2. The molecule has 0 fully saturated rings. The number of carbonyl (C=O) groups excluding carboxylic acids is 1. The van der Waals surface area contributed by atoms with Crippen molar-refractivity contribution < 1.29 is 4.79 Å². The van der Waals surface area contributed by atoms with Crippen molar-refractivity contribution in [1.82, 2.24) is 9.69 Å². The smallest absolute Gasteiger partial charge is 0.261 e. The van der Waals surface area contributed by atoms with Gasteiger partial charge in [-0.15, -0.1) is 11.3 Å². The maximum atomic E-state index is 11.7. The van der Waals surface area contributed by atoms with Crippen LogP contribution in [0.5, 0.6) is 0 Å². The lowest BCUT2D eigenvalue weighted by Gasteiger charge is -2.05. The van der Waals surface area contributed by atoms with Gasteiger partial charge in [-0.3, -0.25) is 4.79 Å². The van der Waals surface area contributed by atoms with Gasteiger partial charge in [0.25, 0.3) is 5.91 Å². The molecule has 2 N–H and O–H groups in total. The first-order chi connectivity index (χ1) is 9.84. The number of hydrogen-bond donors (Lipinski definition) is 2. The number of benzene rings is 1. The summed E-state index contributed by atoms with van der Waals surface area (Å²) in [5.41, 5.74) is 0. The van der Waals surface area contributed by atoms with Gasteiger partial charge < -0.3 is 10.6 Å². The van der Waals surface area contributed by atoms with Gasteiger partial charge >= 0.3 is 0 Å². The topological polar surface area (TPSA) is 54.0 Å². The summed E-state index contributed by atoms with van der Waals surface area (Å²) in [5, 5.41) is 9.16. The number of aromatic nitrogens is 1. The third kappa shape index (κ3) is 2.81. The third-order valence-electron chi connectivity index (χ3n) is 2.83. The van der Waals surface area contributed by atoms with E-state index in [2.05, 4.69) is 21.1 Å². The first-order valence-corrected chi connectivity index (χ1v) is 7.90. The molecule has 0 saturated carbocycles. The van der Waals surface area contributed by atoms with Crippen LogP contribution in [0.15, 0.2) is 41.8 Å². The van der Waals surface area contributed by atoms with Gasteiger partial charge in [-0.1, -0.05) is 18.2 Å². The van der Waals surface area contributed by atoms with E-state index in [1.165, 1.54) is 22.9 Å². The standard InChI is InChI=1S/C14H13N3OS2/c18-14(12-6-3-9-19-12)16-8-7-15-13-10-4-1-2-5-11(10)20-17-13/h1-6,9H,7-8H2,(H,15,17)(H,16,18). The molecule has 1 aromatic carbocycles. The van der Waals surface area contributed by atoms with Crippen molar-refractivity contribution >= 4 is 44.7 Å². The summed E-state index contributed by atoms with van der Waals surface area (Å²) < 4.78 is 5.55. The first kappa shape index (κ1) is 13.1. The highest BCUT2D eigenvalue weighted by Gasteiger charge is 2.06. The summed E-state index contributed by atoms with van der Waals surface area (Å²) in [6.07, 6.45) is 0. The molecule has 0 spiro atoms. The Morgan fingerprint density at radius 2 is 2.05 bits per heavy atom. The van der Waals surface area contributed by atoms with Gasteiger partial charge in [0.1, 0.15) is 5.82 Å². The van der Waals surface area contributed by atoms with Crippen LogP contribution in [0.3, 0.4) is 0 Å². The Hall–Kier alpha value is -1.92. The Labute approximate surface area is 124 Å². The van der Waals surface area contributed by atoms with Crippen LogP contribution in [0.1, 0.15) is 9.67 Å². The minimum absolute atomic E-state index is 0.0232. The predicted molar refractivity (Wildman–Crippen MR) is 84.8 cm³/mol. The van der Waals surface area contributed by atoms with Crippen LogP contribution in [0.4, 0.5) is 5.82 Å². The monoisotopic (exact) mass is 303 g/mol. The van der Waals surface area contributed by atoms with Gasteiger partial charge in [-0.05, 0) is 35.1 Å². The number of amides is 1. The molecule has 4 nitrogen and oxygen atoms in total. The van der Waals surface area contributed by atoms with Crippen molar-refractivity contribution in [3.8, 4) is 0 Å². The SMILES string of the molecule is O=C(NCCNc1nsc2ccccc12)c1cccs1. The van der Waals surface area contributed by atoms with E-state index in [4.69, 9.17) is 0 Å². The first-order valence-electron chi connectivity index (χ1n) is 6.24. The molecule has 2 aromatic heterocycles. The Kier molecular flexibility index (Phi) is 3.94. The van der Waals surface area contributed by atoms with Crippen molar-refractivity contribution in [1.29, 1.82) is 0 Å². The van der Waals surface area contributed by atoms with E-state index in [9.17, 15) is 4.79 Å². The zero-order valence-electron chi connectivity index (χ0n) is 10.6. The average molecular weight is 303 g/mol. The van der Waals surface area contributed by atoms with Gasteiger partial charge in [0.05, 0.1) is 9.58 Å². The molecule has 3 rings (SSSR count). The summed E-state index contributed by atoms with van der Waals surface area (Å²) in [6, 6.07) is 11.8. The quantitative estimate of drug-likeness (QED) is 0.712. The molecule has 6 heteroatoms. The molecule has 2 heterocycles. The van der Waals surface area contributed by atoms with Crippen molar-refractivity contribution in [2.75, 3.05) is 18.4 Å². The lowest BCUT2D eigenvalue weighted by Crippen LogP contribution is -2.28. The van der Waals surface area contributed by atoms with Crippen LogP contribution < -0.4 is 10.6 Å². The second-order valence-corrected chi connectivity index (χ2v) is 5.94. The number of carbonyl (C=O) groups is 1. The molecule has 20 heavy (non-hydrogen) atoms. The highest BCUT2D eigenvalue weighted by molar-refractivity contribution is 7.13. The normalized spacial score (nSPS) is 10.6. The Morgan fingerprint density at radius 1 is 1.15 bits per heavy atom. The molecular formula is C14H13N3OS2. The summed E-state index contributed by atoms with van der Waals surface area (Å²) >= 11 is 2.92. The molecule has 0 aliphatic carbocycles. The van der Waals surface area contributed by atoms with Crippen LogP contribution in [0.25, 0.3) is 10.1 Å². The van der Waals surface area contributed by atoms with Gasteiger partial charge in [0.2, 0.25) is 0 Å². The highest BCUT2D eigenvalue weighted by Crippen LogP contribution is 2.25. The Bertz CT molecular complexity index is 706. The van der Waals surface area contributed by atoms with Gasteiger partial charge in [0, 0.05) is 18.5 Å². The fraction of sp³-hybridized carbons (Fsp3) is 0.143. The average Bonchev–Trinajstić information content (AvgIpc) is 3.13. The van der Waals surface area contributed by atoms with Gasteiger partial charge in [-0.2, -0.15) is 4.37 Å². The van der Waals surface area contributed by atoms with Crippen molar-refractivity contribution in [3.63, 3.8) is 0 Å². The molecule has 0 radical (unpaired) electrons. The number of rotatable bonds is 5. The fourth-order valence-electron chi connectivity index (χ4n) is 1.87. The van der Waals surface area contributed by atoms with E-state index in [0.717, 1.165) is 20.8 Å². The van der Waals surface area contributed by atoms with Crippen molar-refractivity contribution in [3.05, 3.63) is 46.7 Å². The van der Waals surface area contributed by atoms with E-state index in [0.29, 0.717) is 13.1 Å². The fourth-order valence-corrected chi connectivity index (χ4v) is 3.26. The molecule has 3 aromatic rings. The van der Waals surface area contributed by atoms with Crippen LogP contribution in [0, 0.1) is 0 Å². The number of hydrogen-bond acceptors (Lipinski definition) is 5. The van der Waals surface area contributed by atoms with Gasteiger partial charge in [-0.25, -0.2) is 0 Å². The maximum absolute atomic E-state index is 11.7. The summed E-state index contributed by atoms with van der Waals surface area (Å²) in [6.45, 7) is 1.23. The third-order valence-corrected chi connectivity index (χ3v) is 4.52. The molecule has 0 aliphatic heterocycles. The van der Waals surface area contributed by atoms with E-state index < -0.39 is 0 Å². The zero-order valence-corrected chi connectivity index (χ0v) is 12.3. The van der Waals surface area contributed by atoms with E-state index in [-0.39, 0.29) is 5.91 Å². The summed E-state index contributed by atoms with van der Waals surface area (Å²) in [5.74, 6) is 0.862. The molecular weight excluding hydrogens is 290 g/mol. The summed E-state index contributed by atoms with van der Waals surface area (Å²) in [7, 11) is 0. The van der Waals surface area contributed by atoms with Gasteiger partial charge in [0.15, 0.2) is 0 Å². The molecule has 0 aliphatic rings. The van der Waals surface area contributed by atoms with Crippen molar-refractivity contribution in [2.24, 2.45) is 0 Å². The van der Waals surface area contributed by atoms with E-state index in [1.807, 2.05) is 35.7 Å². The number of thiophene rings is 1. The Balaban J connectivity index is 1.52. The number of nitrogens with zero attached hydrogens (tertiary/aromatic N) is 1. The number of anilines is 1. The van der Waals surface area contributed by atoms with E-state index >= 15 is 0 Å². The molecule has 1 amide bonds. The minimum atomic E-state index is -0.0232. The predicted octanol–water partition coefficient (Wildman–Crippen LogP) is 3.20.